The Bertz CT molecular complexity index is 166. The molecule has 1 aliphatic carbocycles. The molecule has 0 amide bonds. The van der Waals surface area contributed by atoms with Crippen LogP contribution in [0.25, 0.3) is 0 Å². The Morgan fingerprint density at radius 3 is 2.36 bits per heavy atom. The molecular formula is C13H25N. The van der Waals surface area contributed by atoms with Crippen molar-refractivity contribution in [3.8, 4) is 0 Å². The van der Waals surface area contributed by atoms with Gasteiger partial charge in [0.2, 0.25) is 0 Å². The van der Waals surface area contributed by atoms with E-state index in [4.69, 9.17) is 0 Å². The van der Waals surface area contributed by atoms with Crippen LogP contribution in [0.3, 0.4) is 0 Å². The van der Waals surface area contributed by atoms with Gasteiger partial charge < -0.3 is 5.32 Å². The third kappa shape index (κ3) is 4.28. The van der Waals surface area contributed by atoms with Gasteiger partial charge in [-0.05, 0) is 32.6 Å². The van der Waals surface area contributed by atoms with Gasteiger partial charge in [-0.1, -0.05) is 37.8 Å². The monoisotopic (exact) mass is 195 g/mol. The molecule has 0 aliphatic heterocycles. The zero-order valence-corrected chi connectivity index (χ0v) is 9.81. The second-order valence-electron chi connectivity index (χ2n) is 4.88. The molecule has 0 bridgehead atoms. The van der Waals surface area contributed by atoms with Crippen LogP contribution in [0.15, 0.2) is 12.2 Å². The summed E-state index contributed by atoms with van der Waals surface area (Å²) in [6.07, 6.45) is 8.61. The molecular weight excluding hydrogens is 170 g/mol. The number of hydrogen-bond donors (Lipinski definition) is 1. The lowest BCUT2D eigenvalue weighted by Gasteiger charge is -2.23. The van der Waals surface area contributed by atoms with E-state index < -0.39 is 0 Å². The van der Waals surface area contributed by atoms with Crippen LogP contribution < -0.4 is 5.32 Å². The van der Waals surface area contributed by atoms with Crippen LogP contribution in [-0.4, -0.2) is 12.6 Å². The summed E-state index contributed by atoms with van der Waals surface area (Å²) in [5.74, 6) is 0.900. The van der Waals surface area contributed by atoms with Gasteiger partial charge in [-0.15, -0.1) is 0 Å². The predicted molar refractivity (Wildman–Crippen MR) is 63.5 cm³/mol. The molecule has 1 saturated carbocycles. The van der Waals surface area contributed by atoms with Crippen LogP contribution in [0.2, 0.25) is 0 Å². The lowest BCUT2D eigenvalue weighted by molar-refractivity contribution is 0.345. The van der Waals surface area contributed by atoms with Gasteiger partial charge in [-0.3, -0.25) is 0 Å². The summed E-state index contributed by atoms with van der Waals surface area (Å²) in [5, 5.41) is 3.58. The van der Waals surface area contributed by atoms with Gasteiger partial charge >= 0.3 is 0 Å². The van der Waals surface area contributed by atoms with Crippen molar-refractivity contribution in [1.29, 1.82) is 0 Å². The SMILES string of the molecule is C=C(C)CN[C@H](C)C1CCCCCC1. The molecule has 1 aliphatic rings. The second-order valence-corrected chi connectivity index (χ2v) is 4.88. The zero-order valence-electron chi connectivity index (χ0n) is 9.81. The smallest absolute Gasteiger partial charge is 0.0161 e. The Labute approximate surface area is 89.0 Å². The Morgan fingerprint density at radius 2 is 1.86 bits per heavy atom. The van der Waals surface area contributed by atoms with E-state index in [0.29, 0.717) is 6.04 Å². The minimum Gasteiger partial charge on any atom is -0.310 e. The molecule has 0 saturated heterocycles. The molecule has 82 valence electrons. The normalized spacial score (nSPS) is 21.6. The summed E-state index contributed by atoms with van der Waals surface area (Å²) >= 11 is 0. The Kier molecular flexibility index (Phi) is 5.24. The first kappa shape index (κ1) is 11.8. The predicted octanol–water partition coefficient (Wildman–Crippen LogP) is 3.51. The maximum atomic E-state index is 3.93. The number of nitrogens with one attached hydrogen (secondary N) is 1. The Balaban J connectivity index is 2.26. The molecule has 1 nitrogen and oxygen atoms in total. The highest BCUT2D eigenvalue weighted by Gasteiger charge is 2.17. The topological polar surface area (TPSA) is 12.0 Å². The third-order valence-corrected chi connectivity index (χ3v) is 3.33. The molecule has 0 spiro atoms. The molecule has 0 unspecified atom stereocenters. The van der Waals surface area contributed by atoms with Crippen LogP contribution in [0, 0.1) is 5.92 Å². The maximum absolute atomic E-state index is 3.93. The van der Waals surface area contributed by atoms with E-state index in [0.717, 1.165) is 12.5 Å². The van der Waals surface area contributed by atoms with Crippen molar-refractivity contribution >= 4 is 0 Å². The van der Waals surface area contributed by atoms with Gasteiger partial charge in [0.05, 0.1) is 0 Å². The van der Waals surface area contributed by atoms with Crippen LogP contribution in [-0.2, 0) is 0 Å². The van der Waals surface area contributed by atoms with E-state index in [-0.39, 0.29) is 0 Å². The van der Waals surface area contributed by atoms with Gasteiger partial charge in [0.1, 0.15) is 0 Å². The summed E-state index contributed by atoms with van der Waals surface area (Å²) in [7, 11) is 0. The summed E-state index contributed by atoms with van der Waals surface area (Å²) in [6, 6.07) is 0.671. The molecule has 1 rings (SSSR count). The fourth-order valence-electron chi connectivity index (χ4n) is 2.31. The van der Waals surface area contributed by atoms with E-state index in [1.165, 1.54) is 44.1 Å². The highest BCUT2D eigenvalue weighted by molar-refractivity contribution is 4.92. The first-order valence-electron chi connectivity index (χ1n) is 6.08. The fraction of sp³-hybridized carbons (Fsp3) is 0.846. The molecule has 14 heavy (non-hydrogen) atoms. The molecule has 0 heterocycles. The van der Waals surface area contributed by atoms with E-state index in [2.05, 4.69) is 25.7 Å². The minimum absolute atomic E-state index is 0.671. The molecule has 1 heteroatoms. The highest BCUT2D eigenvalue weighted by Crippen LogP contribution is 2.25. The maximum Gasteiger partial charge on any atom is 0.0161 e. The van der Waals surface area contributed by atoms with Crippen LogP contribution in [0.5, 0.6) is 0 Å². The van der Waals surface area contributed by atoms with Crippen molar-refractivity contribution in [3.05, 3.63) is 12.2 Å². The van der Waals surface area contributed by atoms with Crippen LogP contribution in [0.1, 0.15) is 52.4 Å². The van der Waals surface area contributed by atoms with Crippen molar-refractivity contribution in [2.24, 2.45) is 5.92 Å². The average Bonchev–Trinajstić information content (AvgIpc) is 2.42. The van der Waals surface area contributed by atoms with Crippen molar-refractivity contribution in [3.63, 3.8) is 0 Å². The largest absolute Gasteiger partial charge is 0.310 e. The summed E-state index contributed by atoms with van der Waals surface area (Å²) < 4.78 is 0. The van der Waals surface area contributed by atoms with Crippen molar-refractivity contribution in [2.45, 2.75) is 58.4 Å². The summed E-state index contributed by atoms with van der Waals surface area (Å²) in [4.78, 5) is 0. The summed E-state index contributed by atoms with van der Waals surface area (Å²) in [5.41, 5.74) is 1.24. The highest BCUT2D eigenvalue weighted by atomic mass is 14.9. The lowest BCUT2D eigenvalue weighted by Crippen LogP contribution is -2.34. The molecule has 1 atom stereocenters. The van der Waals surface area contributed by atoms with Gasteiger partial charge in [-0.25, -0.2) is 0 Å². The number of hydrogen-bond acceptors (Lipinski definition) is 1. The first-order valence-corrected chi connectivity index (χ1v) is 6.08. The Hall–Kier alpha value is -0.300. The Morgan fingerprint density at radius 1 is 1.29 bits per heavy atom. The van der Waals surface area contributed by atoms with Crippen molar-refractivity contribution in [1.82, 2.24) is 5.32 Å². The third-order valence-electron chi connectivity index (χ3n) is 3.33. The van der Waals surface area contributed by atoms with Gasteiger partial charge in [0.15, 0.2) is 0 Å². The van der Waals surface area contributed by atoms with E-state index in [9.17, 15) is 0 Å². The quantitative estimate of drug-likeness (QED) is 0.534. The van der Waals surface area contributed by atoms with Gasteiger partial charge in [0.25, 0.3) is 0 Å². The molecule has 0 radical (unpaired) electrons. The lowest BCUT2D eigenvalue weighted by atomic mass is 9.93. The molecule has 0 aromatic rings. The zero-order chi connectivity index (χ0) is 10.4. The molecule has 0 aromatic carbocycles. The molecule has 1 fully saturated rings. The first-order chi connectivity index (χ1) is 6.70. The fourth-order valence-corrected chi connectivity index (χ4v) is 2.31. The minimum atomic E-state index is 0.671. The van der Waals surface area contributed by atoms with Crippen LogP contribution >= 0.6 is 0 Å². The number of rotatable bonds is 4. The van der Waals surface area contributed by atoms with E-state index in [1.807, 2.05) is 0 Å². The summed E-state index contributed by atoms with van der Waals surface area (Å²) in [6.45, 7) is 9.33. The van der Waals surface area contributed by atoms with Crippen LogP contribution in [0.4, 0.5) is 0 Å². The van der Waals surface area contributed by atoms with Crippen molar-refractivity contribution in [2.75, 3.05) is 6.54 Å². The molecule has 0 aromatic heterocycles. The van der Waals surface area contributed by atoms with Gasteiger partial charge in [0, 0.05) is 12.6 Å². The van der Waals surface area contributed by atoms with E-state index in [1.54, 1.807) is 0 Å². The van der Waals surface area contributed by atoms with E-state index >= 15 is 0 Å². The average molecular weight is 195 g/mol. The van der Waals surface area contributed by atoms with Crippen molar-refractivity contribution < 1.29 is 0 Å². The molecule has 1 N–H and O–H groups in total. The van der Waals surface area contributed by atoms with Gasteiger partial charge in [-0.2, -0.15) is 0 Å². The second kappa shape index (κ2) is 6.23. The standard InChI is InChI=1S/C13H25N/c1-11(2)10-14-12(3)13-8-6-4-5-7-9-13/h12-14H,1,4-10H2,2-3H3/t12-/m1/s1.